The third-order valence-electron chi connectivity index (χ3n) is 12.5. The van der Waals surface area contributed by atoms with Crippen LogP contribution < -0.4 is 0 Å². The molecule has 9 nitrogen and oxygen atoms in total. The molecule has 8 heterocycles. The Hall–Kier alpha value is -0.360. The summed E-state index contributed by atoms with van der Waals surface area (Å²) >= 11 is 0. The largest absolute Gasteiger partial charge is 0.323 e. The highest BCUT2D eigenvalue weighted by molar-refractivity contribution is 5.11. The highest BCUT2D eigenvalue weighted by atomic mass is 17.3. The molecule has 8 aliphatic heterocycles. The molecule has 10 fully saturated rings. The minimum atomic E-state index is -0.808. The second kappa shape index (κ2) is 8.60. The van der Waals surface area contributed by atoms with E-state index in [-0.39, 0.29) is 23.7 Å². The van der Waals surface area contributed by atoms with E-state index < -0.39 is 47.9 Å². The van der Waals surface area contributed by atoms with Crippen LogP contribution in [-0.2, 0) is 43.2 Å². The molecule has 0 amide bonds. The van der Waals surface area contributed by atoms with Crippen molar-refractivity contribution in [1.29, 1.82) is 0 Å². The molecular formula is C30H46O9. The molecule has 2 saturated carbocycles. The van der Waals surface area contributed by atoms with Crippen molar-refractivity contribution in [2.45, 2.75) is 141 Å². The summed E-state index contributed by atoms with van der Waals surface area (Å²) in [6.07, 6.45) is 5.95. The lowest BCUT2D eigenvalue weighted by Gasteiger charge is -2.62. The van der Waals surface area contributed by atoms with Crippen molar-refractivity contribution in [3.63, 3.8) is 0 Å². The summed E-state index contributed by atoms with van der Waals surface area (Å²) in [5.41, 5.74) is -1.21. The number of ether oxygens (including phenoxy) is 5. The topological polar surface area (TPSA) is 83.1 Å². The number of fused-ring (bicyclic) bond motifs is 4. The van der Waals surface area contributed by atoms with Gasteiger partial charge in [0, 0.05) is 36.5 Å². The first-order valence-corrected chi connectivity index (χ1v) is 15.6. The van der Waals surface area contributed by atoms with Crippen LogP contribution in [0.5, 0.6) is 0 Å². The second-order valence-corrected chi connectivity index (χ2v) is 14.7. The van der Waals surface area contributed by atoms with Crippen molar-refractivity contribution in [2.24, 2.45) is 47.3 Å². The molecule has 10 aliphatic rings. The van der Waals surface area contributed by atoms with Gasteiger partial charge < -0.3 is 23.7 Å². The molecule has 0 N–H and O–H groups in total. The van der Waals surface area contributed by atoms with Gasteiger partial charge in [-0.05, 0) is 76.0 Å². The molecule has 9 heteroatoms. The smallest absolute Gasteiger partial charge is 0.201 e. The van der Waals surface area contributed by atoms with Gasteiger partial charge in [0.05, 0.1) is 0 Å². The molecule has 220 valence electrons. The molecule has 4 bridgehead atoms. The fraction of sp³-hybridized carbons (Fsp3) is 1.00. The van der Waals surface area contributed by atoms with Crippen molar-refractivity contribution >= 4 is 0 Å². The standard InChI is InChI=1S/C30H46O9/c1-15-7-9-21-17(3)23(32-25-29(21)19(15)11-13-27(5,34-25)36-38-29)31-24-18(4)22-10-8-16(2)20-12-14-28(6)35-26(33-24)30(20,22)39-37-28/h15-26H,7-14H2,1-6H3/t15-,16-,17-,18-,19+,20+,21+,22+,23-,24+,25-,26-,27-,28-,29-,30-/m1/s1. The van der Waals surface area contributed by atoms with Crippen LogP contribution in [0.4, 0.5) is 0 Å². The summed E-state index contributed by atoms with van der Waals surface area (Å²) in [7, 11) is 0. The van der Waals surface area contributed by atoms with E-state index in [4.69, 9.17) is 43.2 Å². The molecule has 8 saturated heterocycles. The second-order valence-electron chi connectivity index (χ2n) is 14.7. The van der Waals surface area contributed by atoms with E-state index in [1.165, 1.54) is 0 Å². The van der Waals surface area contributed by atoms with Gasteiger partial charge in [0.25, 0.3) is 0 Å². The van der Waals surface area contributed by atoms with Crippen molar-refractivity contribution < 1.29 is 43.2 Å². The van der Waals surface area contributed by atoms with Crippen molar-refractivity contribution in [2.75, 3.05) is 0 Å². The Morgan fingerprint density at radius 1 is 0.538 bits per heavy atom. The zero-order valence-corrected chi connectivity index (χ0v) is 24.3. The van der Waals surface area contributed by atoms with Crippen LogP contribution in [0.25, 0.3) is 0 Å². The van der Waals surface area contributed by atoms with E-state index in [0.29, 0.717) is 23.7 Å². The molecular weight excluding hydrogens is 504 g/mol. The molecule has 16 atom stereocenters. The Bertz CT molecular complexity index is 919. The molecule has 39 heavy (non-hydrogen) atoms. The van der Waals surface area contributed by atoms with E-state index in [9.17, 15) is 0 Å². The van der Waals surface area contributed by atoms with E-state index in [1.54, 1.807) is 0 Å². The Morgan fingerprint density at radius 2 is 0.974 bits per heavy atom. The third-order valence-corrected chi connectivity index (χ3v) is 12.5. The zero-order chi connectivity index (χ0) is 26.9. The number of rotatable bonds is 2. The van der Waals surface area contributed by atoms with Gasteiger partial charge in [-0.15, -0.1) is 0 Å². The Morgan fingerprint density at radius 3 is 1.41 bits per heavy atom. The average Bonchev–Trinajstić information content (AvgIpc) is 3.27. The maximum Gasteiger partial charge on any atom is 0.201 e. The summed E-state index contributed by atoms with van der Waals surface area (Å²) in [6.45, 7) is 13.0. The third kappa shape index (κ3) is 3.45. The van der Waals surface area contributed by atoms with Crippen molar-refractivity contribution in [3.8, 4) is 0 Å². The Kier molecular flexibility index (Phi) is 5.80. The van der Waals surface area contributed by atoms with Crippen LogP contribution in [0.3, 0.4) is 0 Å². The number of hydrogen-bond donors (Lipinski definition) is 0. The molecule has 0 unspecified atom stereocenters. The molecule has 0 aromatic rings. The lowest BCUT2D eigenvalue weighted by molar-refractivity contribution is -0.590. The predicted octanol–water partition coefficient (Wildman–Crippen LogP) is 5.42. The van der Waals surface area contributed by atoms with Crippen LogP contribution >= 0.6 is 0 Å². The monoisotopic (exact) mass is 550 g/mol. The van der Waals surface area contributed by atoms with E-state index in [1.807, 2.05) is 13.8 Å². The van der Waals surface area contributed by atoms with Gasteiger partial charge in [-0.25, -0.2) is 19.6 Å². The fourth-order valence-electron chi connectivity index (χ4n) is 10.2. The molecule has 0 aromatic carbocycles. The first-order chi connectivity index (χ1) is 18.6. The van der Waals surface area contributed by atoms with Crippen LogP contribution in [0.15, 0.2) is 0 Å². The number of hydrogen-bond acceptors (Lipinski definition) is 9. The Balaban J connectivity index is 1.09. The van der Waals surface area contributed by atoms with Crippen molar-refractivity contribution in [3.05, 3.63) is 0 Å². The van der Waals surface area contributed by atoms with Crippen molar-refractivity contribution in [1.82, 2.24) is 0 Å². The maximum absolute atomic E-state index is 6.85. The van der Waals surface area contributed by atoms with Crippen LogP contribution in [-0.4, -0.2) is 47.9 Å². The molecule has 0 radical (unpaired) electrons. The van der Waals surface area contributed by atoms with Gasteiger partial charge in [-0.1, -0.05) is 27.7 Å². The Labute approximate surface area is 231 Å². The zero-order valence-electron chi connectivity index (χ0n) is 24.3. The van der Waals surface area contributed by atoms with E-state index in [2.05, 4.69) is 27.7 Å². The van der Waals surface area contributed by atoms with E-state index >= 15 is 0 Å². The molecule has 2 spiro atoms. The lowest BCUT2D eigenvalue weighted by Crippen LogP contribution is -2.72. The predicted molar refractivity (Wildman–Crippen MR) is 135 cm³/mol. The van der Waals surface area contributed by atoms with Crippen LogP contribution in [0.2, 0.25) is 0 Å². The van der Waals surface area contributed by atoms with Crippen LogP contribution in [0.1, 0.15) is 92.9 Å². The first-order valence-electron chi connectivity index (χ1n) is 15.6. The van der Waals surface area contributed by atoms with Gasteiger partial charge >= 0.3 is 0 Å². The van der Waals surface area contributed by atoms with Gasteiger partial charge in [0.2, 0.25) is 11.6 Å². The van der Waals surface area contributed by atoms with Gasteiger partial charge in [0.15, 0.2) is 36.4 Å². The highest BCUT2D eigenvalue weighted by Gasteiger charge is 2.72. The minimum Gasteiger partial charge on any atom is -0.323 e. The normalized spacial score (nSPS) is 63.5. The summed E-state index contributed by atoms with van der Waals surface area (Å²) < 4.78 is 33.4. The molecule has 0 aromatic heterocycles. The maximum atomic E-state index is 6.85. The summed E-state index contributed by atoms with van der Waals surface area (Å²) in [5.74, 6) is 0.661. The molecule has 2 aliphatic carbocycles. The van der Waals surface area contributed by atoms with Crippen LogP contribution in [0, 0.1) is 47.3 Å². The average molecular weight is 551 g/mol. The van der Waals surface area contributed by atoms with Gasteiger partial charge in [-0.2, -0.15) is 0 Å². The van der Waals surface area contributed by atoms with Gasteiger partial charge in [0.1, 0.15) is 0 Å². The fourth-order valence-corrected chi connectivity index (χ4v) is 10.2. The highest BCUT2D eigenvalue weighted by Crippen LogP contribution is 2.63. The lowest BCUT2D eigenvalue weighted by atomic mass is 9.58. The van der Waals surface area contributed by atoms with E-state index in [0.717, 1.165) is 51.4 Å². The minimum absolute atomic E-state index is 0.0836. The summed E-state index contributed by atoms with van der Waals surface area (Å²) in [5, 5.41) is 0. The van der Waals surface area contributed by atoms with Gasteiger partial charge in [-0.3, -0.25) is 0 Å². The SMILES string of the molecule is C[C@H]1[C@H](O[C@H]2O[C@@H]3O[C@@]4(C)CC[C@H]5[C@H](C)CC[C@@H]([C@H]2C)[C@@]35OO4)O[C@@H]2O[C@@]3(C)CC[C@H]4[C@H](C)CC[C@@H]1[C@@]24OO3. The summed E-state index contributed by atoms with van der Waals surface area (Å²) in [6, 6.07) is 0. The summed E-state index contributed by atoms with van der Waals surface area (Å²) in [4.78, 5) is 24.6. The first kappa shape index (κ1) is 26.3. The molecule has 10 rings (SSSR count). The quantitative estimate of drug-likeness (QED) is 0.419.